The van der Waals surface area contributed by atoms with Crippen LogP contribution in [0.5, 0.6) is 0 Å². The molecule has 2 rings (SSSR count). The zero-order valence-corrected chi connectivity index (χ0v) is 11.1. The number of nitrogen functional groups attached to an aromatic ring is 1. The molecule has 2 N–H and O–H groups in total. The largest absolute Gasteiger partial charge is 0.383 e. The fourth-order valence-electron chi connectivity index (χ4n) is 1.56. The molecule has 0 saturated heterocycles. The maximum absolute atomic E-state index is 5.93. The van der Waals surface area contributed by atoms with Crippen LogP contribution in [0.25, 0.3) is 0 Å². The molecule has 0 bridgehead atoms. The van der Waals surface area contributed by atoms with Gasteiger partial charge in [0.05, 0.1) is 22.9 Å². The van der Waals surface area contributed by atoms with E-state index in [1.54, 1.807) is 4.68 Å². The summed E-state index contributed by atoms with van der Waals surface area (Å²) in [6.45, 7) is 4.61. The number of hydrogen-bond donors (Lipinski definition) is 1. The first-order valence-electron chi connectivity index (χ1n) is 4.96. The van der Waals surface area contributed by atoms with Crippen LogP contribution in [0.2, 0.25) is 0 Å². The summed E-state index contributed by atoms with van der Waals surface area (Å²) >= 11 is 3.41. The maximum Gasteiger partial charge on any atom is 0.136 e. The first-order chi connectivity index (χ1) is 7.50. The summed E-state index contributed by atoms with van der Waals surface area (Å²) in [7, 11) is 1.92. The zero-order valence-electron chi connectivity index (χ0n) is 9.53. The predicted octanol–water partition coefficient (Wildman–Crippen LogP) is 1.63. The van der Waals surface area contributed by atoms with Crippen molar-refractivity contribution < 1.29 is 0 Å². The maximum atomic E-state index is 5.93. The number of rotatable bonds is 2. The molecule has 0 saturated carbocycles. The Kier molecular flexibility index (Phi) is 2.75. The van der Waals surface area contributed by atoms with Gasteiger partial charge in [-0.1, -0.05) is 0 Å². The van der Waals surface area contributed by atoms with E-state index >= 15 is 0 Å². The van der Waals surface area contributed by atoms with Crippen LogP contribution in [-0.4, -0.2) is 19.6 Å². The van der Waals surface area contributed by atoms with Crippen molar-refractivity contribution in [2.24, 2.45) is 7.05 Å². The molecule has 0 amide bonds. The lowest BCUT2D eigenvalue weighted by Gasteiger charge is -2.03. The molecule has 0 aromatic carbocycles. The molecule has 86 valence electrons. The Morgan fingerprint density at radius 2 is 2.12 bits per heavy atom. The number of halogens is 1. The average Bonchev–Trinajstić information content (AvgIpc) is 2.68. The van der Waals surface area contributed by atoms with E-state index in [4.69, 9.17) is 5.73 Å². The van der Waals surface area contributed by atoms with Gasteiger partial charge >= 0.3 is 0 Å². The highest BCUT2D eigenvalue weighted by Gasteiger charge is 2.12. The summed E-state index contributed by atoms with van der Waals surface area (Å²) in [6.07, 6.45) is 1.85. The minimum atomic E-state index is 0.651. The van der Waals surface area contributed by atoms with Crippen molar-refractivity contribution in [3.8, 4) is 0 Å². The Balaban J connectivity index is 2.34. The van der Waals surface area contributed by atoms with E-state index in [1.165, 1.54) is 0 Å². The van der Waals surface area contributed by atoms with Crippen molar-refractivity contribution in [2.75, 3.05) is 5.73 Å². The lowest BCUT2D eigenvalue weighted by atomic mass is 10.2. The van der Waals surface area contributed by atoms with Crippen molar-refractivity contribution in [3.63, 3.8) is 0 Å². The van der Waals surface area contributed by atoms with Crippen LogP contribution < -0.4 is 5.73 Å². The van der Waals surface area contributed by atoms with Gasteiger partial charge in [-0.25, -0.2) is 4.68 Å². The van der Waals surface area contributed by atoms with Crippen molar-refractivity contribution in [3.05, 3.63) is 27.6 Å². The first kappa shape index (κ1) is 11.2. The molecule has 5 nitrogen and oxygen atoms in total. The molecule has 0 unspecified atom stereocenters. The quantitative estimate of drug-likeness (QED) is 0.911. The highest BCUT2D eigenvalue weighted by molar-refractivity contribution is 9.10. The van der Waals surface area contributed by atoms with E-state index < -0.39 is 0 Å². The molecule has 0 aliphatic heterocycles. The molecule has 0 atom stereocenters. The summed E-state index contributed by atoms with van der Waals surface area (Å²) in [5, 5.41) is 8.56. The van der Waals surface area contributed by atoms with Crippen molar-refractivity contribution in [1.82, 2.24) is 19.6 Å². The zero-order chi connectivity index (χ0) is 11.9. The van der Waals surface area contributed by atoms with Crippen LogP contribution in [0, 0.1) is 13.8 Å². The minimum Gasteiger partial charge on any atom is -0.383 e. The number of nitrogens with two attached hydrogens (primary N) is 1. The van der Waals surface area contributed by atoms with Gasteiger partial charge in [-0.3, -0.25) is 4.68 Å². The number of aromatic nitrogens is 4. The molecule has 0 aliphatic rings. The molecule has 16 heavy (non-hydrogen) atoms. The van der Waals surface area contributed by atoms with Gasteiger partial charge in [-0.2, -0.15) is 10.2 Å². The lowest BCUT2D eigenvalue weighted by Crippen LogP contribution is -2.07. The number of nitrogens with zero attached hydrogens (tertiary/aromatic N) is 4. The molecule has 2 heterocycles. The van der Waals surface area contributed by atoms with Gasteiger partial charge in [0, 0.05) is 18.3 Å². The Hall–Kier alpha value is -1.30. The van der Waals surface area contributed by atoms with Gasteiger partial charge in [0.25, 0.3) is 0 Å². The fourth-order valence-corrected chi connectivity index (χ4v) is 1.84. The Labute approximate surface area is 102 Å². The molecule has 2 aromatic heterocycles. The van der Waals surface area contributed by atoms with Crippen molar-refractivity contribution >= 4 is 21.7 Å². The third kappa shape index (κ3) is 1.73. The standard InChI is InChI=1S/C10H14BrN5/c1-6-9(11)10(12)16(14-6)5-8-4-13-15(3)7(8)2/h4H,5,12H2,1-3H3. The van der Waals surface area contributed by atoms with E-state index in [1.807, 2.05) is 31.8 Å². The van der Waals surface area contributed by atoms with E-state index in [0.29, 0.717) is 12.4 Å². The van der Waals surface area contributed by atoms with Gasteiger partial charge in [-0.05, 0) is 29.8 Å². The van der Waals surface area contributed by atoms with E-state index in [0.717, 1.165) is 21.4 Å². The summed E-state index contributed by atoms with van der Waals surface area (Å²) in [5.41, 5.74) is 9.09. The predicted molar refractivity (Wildman–Crippen MR) is 66.1 cm³/mol. The van der Waals surface area contributed by atoms with Crippen LogP contribution in [-0.2, 0) is 13.6 Å². The Morgan fingerprint density at radius 3 is 2.56 bits per heavy atom. The third-order valence-corrected chi connectivity index (χ3v) is 3.73. The second-order valence-corrected chi connectivity index (χ2v) is 4.61. The molecule has 0 fully saturated rings. The van der Waals surface area contributed by atoms with Crippen LogP contribution >= 0.6 is 15.9 Å². The second-order valence-electron chi connectivity index (χ2n) is 3.82. The number of hydrogen-bond acceptors (Lipinski definition) is 3. The molecule has 6 heteroatoms. The Morgan fingerprint density at radius 1 is 1.44 bits per heavy atom. The highest BCUT2D eigenvalue weighted by Crippen LogP contribution is 2.23. The van der Waals surface area contributed by atoms with Gasteiger partial charge in [0.1, 0.15) is 5.82 Å². The van der Waals surface area contributed by atoms with Gasteiger partial charge in [-0.15, -0.1) is 0 Å². The van der Waals surface area contributed by atoms with Gasteiger partial charge in [0.15, 0.2) is 0 Å². The topological polar surface area (TPSA) is 61.7 Å². The normalized spacial score (nSPS) is 11.0. The Bertz CT molecular complexity index is 526. The molecule has 0 radical (unpaired) electrons. The van der Waals surface area contributed by atoms with E-state index in [9.17, 15) is 0 Å². The summed E-state index contributed by atoms with van der Waals surface area (Å²) < 4.78 is 4.49. The summed E-state index contributed by atoms with van der Waals surface area (Å²) in [5.74, 6) is 0.653. The monoisotopic (exact) mass is 283 g/mol. The first-order valence-corrected chi connectivity index (χ1v) is 5.76. The van der Waals surface area contributed by atoms with Gasteiger partial charge < -0.3 is 5.73 Å². The fraction of sp³-hybridized carbons (Fsp3) is 0.400. The van der Waals surface area contributed by atoms with Crippen molar-refractivity contribution in [1.29, 1.82) is 0 Å². The summed E-state index contributed by atoms with van der Waals surface area (Å²) in [4.78, 5) is 0. The third-order valence-electron chi connectivity index (χ3n) is 2.75. The minimum absolute atomic E-state index is 0.651. The van der Waals surface area contributed by atoms with Crippen LogP contribution in [0.1, 0.15) is 17.0 Å². The van der Waals surface area contributed by atoms with Crippen molar-refractivity contribution in [2.45, 2.75) is 20.4 Å². The lowest BCUT2D eigenvalue weighted by molar-refractivity contribution is 0.681. The molecular weight excluding hydrogens is 270 g/mol. The molecule has 0 aliphatic carbocycles. The van der Waals surface area contributed by atoms with E-state index in [2.05, 4.69) is 26.1 Å². The average molecular weight is 284 g/mol. The number of anilines is 1. The van der Waals surface area contributed by atoms with Crippen LogP contribution in [0.3, 0.4) is 0 Å². The van der Waals surface area contributed by atoms with Gasteiger partial charge in [0.2, 0.25) is 0 Å². The molecule has 0 spiro atoms. The van der Waals surface area contributed by atoms with Crippen LogP contribution in [0.4, 0.5) is 5.82 Å². The highest BCUT2D eigenvalue weighted by atomic mass is 79.9. The molecule has 2 aromatic rings. The van der Waals surface area contributed by atoms with E-state index in [-0.39, 0.29) is 0 Å². The smallest absolute Gasteiger partial charge is 0.136 e. The van der Waals surface area contributed by atoms with Crippen LogP contribution in [0.15, 0.2) is 10.7 Å². The second kappa shape index (κ2) is 3.93. The number of aryl methyl sites for hydroxylation is 2. The molecular formula is C10H14BrN5. The summed E-state index contributed by atoms with van der Waals surface area (Å²) in [6, 6.07) is 0. The SMILES string of the molecule is Cc1nn(Cc2cnn(C)c2C)c(N)c1Br.